The summed E-state index contributed by atoms with van der Waals surface area (Å²) < 4.78 is 6.03. The van der Waals surface area contributed by atoms with Crippen LogP contribution in [-0.2, 0) is 19.1 Å². The molecule has 0 aromatic rings. The van der Waals surface area contributed by atoms with Crippen molar-refractivity contribution in [1.29, 1.82) is 0 Å². The molecule has 3 saturated carbocycles. The number of carbonyl (C=O) groups excluding carboxylic acids is 3. The van der Waals surface area contributed by atoms with Crippen molar-refractivity contribution in [2.75, 3.05) is 0 Å². The molecule has 4 rings (SSSR count). The highest BCUT2D eigenvalue weighted by atomic mass is 16.6. The van der Waals surface area contributed by atoms with Gasteiger partial charge in [0.2, 0.25) is 0 Å². The lowest BCUT2D eigenvalue weighted by molar-refractivity contribution is -0.194. The van der Waals surface area contributed by atoms with E-state index in [0.717, 1.165) is 37.7 Å². The van der Waals surface area contributed by atoms with E-state index in [1.54, 1.807) is 19.9 Å². The molecule has 0 spiro atoms. The first-order valence-corrected chi connectivity index (χ1v) is 11.4. The topological polar surface area (TPSA) is 80.7 Å². The van der Waals surface area contributed by atoms with E-state index in [9.17, 15) is 19.5 Å². The maximum Gasteiger partial charge on any atom is 0.306 e. The Morgan fingerprint density at radius 2 is 1.90 bits per heavy atom. The van der Waals surface area contributed by atoms with Crippen LogP contribution in [0.2, 0.25) is 0 Å². The summed E-state index contributed by atoms with van der Waals surface area (Å²) in [5, 5.41) is 9.97. The molecule has 1 unspecified atom stereocenters. The summed E-state index contributed by atoms with van der Waals surface area (Å²) in [6, 6.07) is 0. The molecule has 0 saturated heterocycles. The van der Waals surface area contributed by atoms with E-state index in [1.165, 1.54) is 6.08 Å². The van der Waals surface area contributed by atoms with E-state index in [1.807, 2.05) is 13.8 Å². The second-order valence-corrected chi connectivity index (χ2v) is 10.4. The van der Waals surface area contributed by atoms with Gasteiger partial charge in [0.25, 0.3) is 0 Å². The van der Waals surface area contributed by atoms with E-state index in [-0.39, 0.29) is 47.5 Å². The molecule has 0 aromatic heterocycles. The Labute approximate surface area is 178 Å². The zero-order valence-corrected chi connectivity index (χ0v) is 18.8. The van der Waals surface area contributed by atoms with Crippen LogP contribution in [0, 0.1) is 34.5 Å². The van der Waals surface area contributed by atoms with Crippen LogP contribution in [0.15, 0.2) is 23.5 Å². The minimum absolute atomic E-state index is 0.00269. The average Bonchev–Trinajstić information content (AvgIpc) is 2.91. The Kier molecular flexibility index (Phi) is 4.83. The average molecular weight is 415 g/mol. The van der Waals surface area contributed by atoms with Crippen molar-refractivity contribution < 1.29 is 24.2 Å². The molecule has 5 heteroatoms. The summed E-state index contributed by atoms with van der Waals surface area (Å²) in [6.45, 7) is 9.56. The normalized spacial score (nSPS) is 44.9. The summed E-state index contributed by atoms with van der Waals surface area (Å²) in [6.07, 6.45) is 7.54. The smallest absolute Gasteiger partial charge is 0.306 e. The molecule has 0 aliphatic heterocycles. The number of fused-ring (bicyclic) bond motifs is 5. The zero-order chi connectivity index (χ0) is 22.1. The number of hydrogen-bond acceptors (Lipinski definition) is 5. The Hall–Kier alpha value is -1.91. The molecular formula is C25H34O5. The van der Waals surface area contributed by atoms with Crippen molar-refractivity contribution in [3.05, 3.63) is 23.5 Å². The number of rotatable bonds is 3. The third-order valence-electron chi connectivity index (χ3n) is 9.33. The van der Waals surface area contributed by atoms with Gasteiger partial charge in [0.1, 0.15) is 5.76 Å². The van der Waals surface area contributed by atoms with Crippen LogP contribution in [0.4, 0.5) is 0 Å². The van der Waals surface area contributed by atoms with Crippen LogP contribution in [0.1, 0.15) is 73.1 Å². The van der Waals surface area contributed by atoms with Gasteiger partial charge >= 0.3 is 5.97 Å². The van der Waals surface area contributed by atoms with Crippen molar-refractivity contribution in [3.63, 3.8) is 0 Å². The number of hydrogen-bond donors (Lipinski definition) is 1. The fraction of sp³-hybridized carbons (Fsp3) is 0.720. The molecule has 4 aliphatic rings. The summed E-state index contributed by atoms with van der Waals surface area (Å²) in [5.74, 6) is 0.354. The summed E-state index contributed by atoms with van der Waals surface area (Å²) in [4.78, 5) is 38.5. The molecule has 7 atom stereocenters. The van der Waals surface area contributed by atoms with Gasteiger partial charge in [-0.3, -0.25) is 14.4 Å². The molecule has 164 valence electrons. The fourth-order valence-electron chi connectivity index (χ4n) is 7.91. The molecule has 3 fully saturated rings. The standard InChI is InChI=1S/C25H34O5/c1-6-22(29)30-25(15(3)26)14(2)11-20-18-8-7-16-12-17(27)13-21(28)24(16,5)19(18)9-10-23(20,25)4/h12-14,18-20,27H,6-11H2,1-5H3/t14?,18-,19+,20+,23+,24+,25+/m1/s1. The Balaban J connectivity index is 1.75. The van der Waals surface area contributed by atoms with Gasteiger partial charge in [-0.05, 0) is 69.8 Å². The van der Waals surface area contributed by atoms with Crippen molar-refractivity contribution in [3.8, 4) is 0 Å². The molecule has 0 heterocycles. The third kappa shape index (κ3) is 2.50. The highest BCUT2D eigenvalue weighted by Gasteiger charge is 2.71. The minimum atomic E-state index is -1.08. The highest BCUT2D eigenvalue weighted by Crippen LogP contribution is 2.69. The number of esters is 1. The SMILES string of the molecule is CCC(=O)O[C@]1(C(C)=O)C(C)C[C@H]2[C@@H]3CCC4=CC(O)=CC(=O)[C@]4(C)[C@H]3CC[C@@]21C. The molecule has 1 N–H and O–H groups in total. The first-order valence-electron chi connectivity index (χ1n) is 11.4. The lowest BCUT2D eigenvalue weighted by atomic mass is 9.46. The van der Waals surface area contributed by atoms with Gasteiger partial charge in [0.05, 0.1) is 5.41 Å². The van der Waals surface area contributed by atoms with Crippen molar-refractivity contribution >= 4 is 17.5 Å². The first kappa shape index (κ1) is 21.3. The predicted octanol–water partition coefficient (Wildman–Crippen LogP) is 4.71. The molecule has 4 aliphatic carbocycles. The maximum atomic E-state index is 13.1. The van der Waals surface area contributed by atoms with E-state index >= 15 is 0 Å². The summed E-state index contributed by atoms with van der Waals surface area (Å²) in [5.41, 5.74) is -1.04. The van der Waals surface area contributed by atoms with Crippen molar-refractivity contribution in [2.24, 2.45) is 34.5 Å². The van der Waals surface area contributed by atoms with Crippen molar-refractivity contribution in [2.45, 2.75) is 78.7 Å². The van der Waals surface area contributed by atoms with Gasteiger partial charge in [-0.15, -0.1) is 0 Å². The number of ketones is 2. The fourth-order valence-corrected chi connectivity index (χ4v) is 7.91. The van der Waals surface area contributed by atoms with Crippen LogP contribution in [-0.4, -0.2) is 28.2 Å². The first-order chi connectivity index (χ1) is 14.0. The lowest BCUT2D eigenvalue weighted by Crippen LogP contribution is -2.60. The minimum Gasteiger partial charge on any atom is -0.508 e. The van der Waals surface area contributed by atoms with Crippen LogP contribution in [0.25, 0.3) is 0 Å². The number of aliphatic hydroxyl groups is 1. The van der Waals surface area contributed by atoms with Gasteiger partial charge in [-0.1, -0.05) is 26.3 Å². The van der Waals surface area contributed by atoms with Gasteiger partial charge in [0.15, 0.2) is 17.2 Å². The lowest BCUT2D eigenvalue weighted by Gasteiger charge is -2.58. The maximum absolute atomic E-state index is 13.1. The quantitative estimate of drug-likeness (QED) is 0.677. The van der Waals surface area contributed by atoms with Gasteiger partial charge < -0.3 is 9.84 Å². The second-order valence-electron chi connectivity index (χ2n) is 10.4. The summed E-state index contributed by atoms with van der Waals surface area (Å²) in [7, 11) is 0. The van der Waals surface area contributed by atoms with Gasteiger partial charge in [-0.25, -0.2) is 0 Å². The Bertz CT molecular complexity index is 869. The van der Waals surface area contributed by atoms with Crippen LogP contribution >= 0.6 is 0 Å². The zero-order valence-electron chi connectivity index (χ0n) is 18.8. The van der Waals surface area contributed by atoms with Gasteiger partial charge in [-0.2, -0.15) is 0 Å². The molecular weight excluding hydrogens is 380 g/mol. The summed E-state index contributed by atoms with van der Waals surface area (Å²) >= 11 is 0. The number of allylic oxidation sites excluding steroid dienone is 3. The molecule has 0 bridgehead atoms. The Morgan fingerprint density at radius 3 is 2.53 bits per heavy atom. The Morgan fingerprint density at radius 1 is 1.20 bits per heavy atom. The van der Waals surface area contributed by atoms with Crippen molar-refractivity contribution in [1.82, 2.24) is 0 Å². The number of carbonyl (C=O) groups is 3. The molecule has 5 nitrogen and oxygen atoms in total. The van der Waals surface area contributed by atoms with Crippen LogP contribution < -0.4 is 0 Å². The van der Waals surface area contributed by atoms with Crippen LogP contribution in [0.3, 0.4) is 0 Å². The van der Waals surface area contributed by atoms with E-state index < -0.39 is 16.4 Å². The molecule has 30 heavy (non-hydrogen) atoms. The largest absolute Gasteiger partial charge is 0.508 e. The number of aliphatic hydroxyl groups excluding tert-OH is 1. The van der Waals surface area contributed by atoms with Crippen LogP contribution in [0.5, 0.6) is 0 Å². The van der Waals surface area contributed by atoms with E-state index in [4.69, 9.17) is 4.74 Å². The monoisotopic (exact) mass is 414 g/mol. The van der Waals surface area contributed by atoms with E-state index in [0.29, 0.717) is 5.92 Å². The number of Topliss-reactive ketones (excluding diaryl/α,β-unsaturated/α-hetero) is 1. The second kappa shape index (κ2) is 6.80. The van der Waals surface area contributed by atoms with Gasteiger partial charge in [0, 0.05) is 23.8 Å². The predicted molar refractivity (Wildman–Crippen MR) is 113 cm³/mol. The third-order valence-corrected chi connectivity index (χ3v) is 9.33. The number of ether oxygens (including phenoxy) is 1. The molecule has 0 amide bonds. The van der Waals surface area contributed by atoms with E-state index in [2.05, 4.69) is 6.92 Å². The molecule has 0 radical (unpaired) electrons. The molecule has 0 aromatic carbocycles. The highest BCUT2D eigenvalue weighted by molar-refractivity contribution is 5.99.